The molecular formula is C18H24N6O. The first kappa shape index (κ1) is 16.1. The van der Waals surface area contributed by atoms with E-state index in [1.165, 1.54) is 6.42 Å². The van der Waals surface area contributed by atoms with Gasteiger partial charge in [0.1, 0.15) is 0 Å². The highest BCUT2D eigenvalue weighted by molar-refractivity contribution is 5.91. The molecule has 4 rings (SSSR count). The maximum Gasteiger partial charge on any atom is 0.216 e. The lowest BCUT2D eigenvalue weighted by Gasteiger charge is -2.15. The van der Waals surface area contributed by atoms with E-state index < -0.39 is 0 Å². The molecule has 0 unspecified atom stereocenters. The van der Waals surface area contributed by atoms with Crippen molar-refractivity contribution in [1.29, 1.82) is 0 Å². The second-order valence-electron chi connectivity index (χ2n) is 6.93. The Labute approximate surface area is 146 Å². The van der Waals surface area contributed by atoms with E-state index in [1.54, 1.807) is 0 Å². The first-order chi connectivity index (χ1) is 12.1. The van der Waals surface area contributed by atoms with Gasteiger partial charge in [0, 0.05) is 37.8 Å². The van der Waals surface area contributed by atoms with Crippen LogP contribution in [0.5, 0.6) is 0 Å². The Morgan fingerprint density at radius 1 is 1.28 bits per heavy atom. The van der Waals surface area contributed by atoms with Crippen molar-refractivity contribution in [2.24, 2.45) is 13.0 Å². The third kappa shape index (κ3) is 3.10. The molecule has 2 atom stereocenters. The molecule has 0 aliphatic heterocycles. The molecule has 0 amide bonds. The van der Waals surface area contributed by atoms with E-state index in [0.29, 0.717) is 12.0 Å². The number of rotatable bonds is 5. The second-order valence-corrected chi connectivity index (χ2v) is 6.93. The number of nitrogens with one attached hydrogen (secondary N) is 1. The number of aromatic nitrogens is 5. The van der Waals surface area contributed by atoms with Crippen molar-refractivity contribution in [3.8, 4) is 0 Å². The summed E-state index contributed by atoms with van der Waals surface area (Å²) in [6.07, 6.45) is 6.98. The highest BCUT2D eigenvalue weighted by Crippen LogP contribution is 2.33. The van der Waals surface area contributed by atoms with Crippen molar-refractivity contribution >= 4 is 16.7 Å². The summed E-state index contributed by atoms with van der Waals surface area (Å²) in [5.74, 6) is 2.10. The quantitative estimate of drug-likeness (QED) is 0.769. The lowest BCUT2D eigenvalue weighted by Crippen LogP contribution is -2.16. The summed E-state index contributed by atoms with van der Waals surface area (Å²) >= 11 is 0. The topological polar surface area (TPSA) is 81.7 Å². The van der Waals surface area contributed by atoms with Gasteiger partial charge in [0.05, 0.1) is 11.1 Å². The maximum atomic E-state index is 5.66. The molecule has 0 saturated heterocycles. The smallest absolute Gasteiger partial charge is 0.216 e. The second kappa shape index (κ2) is 6.46. The number of pyridine rings is 1. The van der Waals surface area contributed by atoms with E-state index >= 15 is 0 Å². The number of anilines is 1. The van der Waals surface area contributed by atoms with Crippen LogP contribution >= 0.6 is 0 Å². The Hall–Kier alpha value is -2.44. The zero-order chi connectivity index (χ0) is 17.4. The van der Waals surface area contributed by atoms with Crippen molar-refractivity contribution in [3.63, 3.8) is 0 Å². The van der Waals surface area contributed by atoms with Crippen LogP contribution in [0.3, 0.4) is 0 Å². The summed E-state index contributed by atoms with van der Waals surface area (Å²) in [7, 11) is 1.94. The SMILES string of the molecule is CCc1nnc(C[C@@H]2CC[C@H](Nc3ccnc4c3c(C)nn4C)C2)o1. The summed E-state index contributed by atoms with van der Waals surface area (Å²) in [4.78, 5) is 4.45. The fourth-order valence-corrected chi connectivity index (χ4v) is 3.87. The predicted octanol–water partition coefficient (Wildman–Crippen LogP) is 3.05. The first-order valence-corrected chi connectivity index (χ1v) is 9.00. The molecule has 0 radical (unpaired) electrons. The highest BCUT2D eigenvalue weighted by Gasteiger charge is 2.27. The van der Waals surface area contributed by atoms with E-state index in [4.69, 9.17) is 4.42 Å². The third-order valence-corrected chi connectivity index (χ3v) is 5.07. The summed E-state index contributed by atoms with van der Waals surface area (Å²) < 4.78 is 7.50. The third-order valence-electron chi connectivity index (χ3n) is 5.07. The number of fused-ring (bicyclic) bond motifs is 1. The van der Waals surface area contributed by atoms with Gasteiger partial charge in [0.25, 0.3) is 0 Å². The molecule has 1 saturated carbocycles. The first-order valence-electron chi connectivity index (χ1n) is 9.00. The van der Waals surface area contributed by atoms with Crippen molar-refractivity contribution in [3.05, 3.63) is 29.7 Å². The molecule has 3 aromatic heterocycles. The molecule has 3 aromatic rings. The van der Waals surface area contributed by atoms with Gasteiger partial charge in [-0.15, -0.1) is 10.2 Å². The Morgan fingerprint density at radius 2 is 2.12 bits per heavy atom. The number of hydrogen-bond acceptors (Lipinski definition) is 6. The van der Waals surface area contributed by atoms with Crippen LogP contribution in [-0.2, 0) is 19.9 Å². The molecule has 0 bridgehead atoms. The summed E-state index contributed by atoms with van der Waals surface area (Å²) in [6, 6.07) is 2.51. The van der Waals surface area contributed by atoms with E-state index in [0.717, 1.165) is 59.9 Å². The Kier molecular flexibility index (Phi) is 4.15. The average Bonchev–Trinajstić information content (AvgIpc) is 3.30. The molecule has 25 heavy (non-hydrogen) atoms. The van der Waals surface area contributed by atoms with Crippen LogP contribution in [-0.4, -0.2) is 31.0 Å². The monoisotopic (exact) mass is 340 g/mol. The fourth-order valence-electron chi connectivity index (χ4n) is 3.87. The number of aryl methyl sites for hydroxylation is 3. The summed E-state index contributed by atoms with van der Waals surface area (Å²) in [6.45, 7) is 4.07. The maximum absolute atomic E-state index is 5.66. The van der Waals surface area contributed by atoms with Crippen LogP contribution in [0.2, 0.25) is 0 Å². The molecule has 1 fully saturated rings. The fraction of sp³-hybridized carbons (Fsp3) is 0.556. The van der Waals surface area contributed by atoms with Crippen molar-refractivity contribution in [1.82, 2.24) is 25.0 Å². The van der Waals surface area contributed by atoms with E-state index in [1.807, 2.05) is 31.8 Å². The summed E-state index contributed by atoms with van der Waals surface area (Å²) in [5, 5.41) is 17.5. The molecule has 0 aromatic carbocycles. The normalized spacial score (nSPS) is 20.4. The minimum absolute atomic E-state index is 0.462. The molecular weight excluding hydrogens is 316 g/mol. The number of hydrogen-bond donors (Lipinski definition) is 1. The molecule has 3 heterocycles. The van der Waals surface area contributed by atoms with Gasteiger partial charge in [-0.05, 0) is 38.2 Å². The van der Waals surface area contributed by atoms with Crippen LogP contribution in [0.25, 0.3) is 11.0 Å². The standard InChI is InChI=1S/C18H24N6O/c1-4-15-21-22-16(25-15)10-12-5-6-13(9-12)20-14-7-8-19-18-17(14)11(2)23-24(18)3/h7-8,12-13H,4-6,9-10H2,1-3H3,(H,19,20)/t12-,13+/m1/s1. The van der Waals surface area contributed by atoms with Crippen LogP contribution < -0.4 is 5.32 Å². The minimum Gasteiger partial charge on any atom is -0.425 e. The van der Waals surface area contributed by atoms with Crippen LogP contribution in [0, 0.1) is 12.8 Å². The lowest BCUT2D eigenvalue weighted by molar-refractivity contribution is 0.409. The van der Waals surface area contributed by atoms with Crippen LogP contribution in [0.15, 0.2) is 16.7 Å². The van der Waals surface area contributed by atoms with E-state index in [-0.39, 0.29) is 0 Å². The van der Waals surface area contributed by atoms with Gasteiger partial charge in [-0.2, -0.15) is 5.10 Å². The van der Waals surface area contributed by atoms with Crippen molar-refractivity contribution < 1.29 is 4.42 Å². The van der Waals surface area contributed by atoms with Crippen molar-refractivity contribution in [2.75, 3.05) is 5.32 Å². The minimum atomic E-state index is 0.462. The van der Waals surface area contributed by atoms with Gasteiger partial charge in [-0.1, -0.05) is 6.92 Å². The number of nitrogens with zero attached hydrogens (tertiary/aromatic N) is 5. The summed E-state index contributed by atoms with van der Waals surface area (Å²) in [5.41, 5.74) is 3.07. The van der Waals surface area contributed by atoms with Gasteiger partial charge in [-0.3, -0.25) is 4.68 Å². The molecule has 132 valence electrons. The van der Waals surface area contributed by atoms with Crippen molar-refractivity contribution in [2.45, 2.75) is 52.0 Å². The van der Waals surface area contributed by atoms with Crippen LogP contribution in [0.1, 0.15) is 43.7 Å². The molecule has 0 spiro atoms. The Morgan fingerprint density at radius 3 is 2.92 bits per heavy atom. The molecule has 1 N–H and O–H groups in total. The zero-order valence-electron chi connectivity index (χ0n) is 15.0. The lowest BCUT2D eigenvalue weighted by atomic mass is 10.0. The van der Waals surface area contributed by atoms with E-state index in [2.05, 4.69) is 31.7 Å². The molecule has 7 heteroatoms. The van der Waals surface area contributed by atoms with E-state index in [9.17, 15) is 0 Å². The Balaban J connectivity index is 1.44. The van der Waals surface area contributed by atoms with Gasteiger partial charge < -0.3 is 9.73 Å². The highest BCUT2D eigenvalue weighted by atomic mass is 16.4. The Bertz CT molecular complexity index is 883. The molecule has 1 aliphatic rings. The predicted molar refractivity (Wildman–Crippen MR) is 95.4 cm³/mol. The van der Waals surface area contributed by atoms with Gasteiger partial charge in [-0.25, -0.2) is 4.98 Å². The van der Waals surface area contributed by atoms with Gasteiger partial charge >= 0.3 is 0 Å². The van der Waals surface area contributed by atoms with Gasteiger partial charge in [0.15, 0.2) is 5.65 Å². The zero-order valence-corrected chi connectivity index (χ0v) is 15.0. The molecule has 7 nitrogen and oxygen atoms in total. The average molecular weight is 340 g/mol. The van der Waals surface area contributed by atoms with Gasteiger partial charge in [0.2, 0.25) is 11.8 Å². The van der Waals surface area contributed by atoms with Crippen LogP contribution in [0.4, 0.5) is 5.69 Å². The molecule has 1 aliphatic carbocycles. The largest absolute Gasteiger partial charge is 0.425 e.